The van der Waals surface area contributed by atoms with Crippen LogP contribution in [0.2, 0.25) is 0 Å². The molecule has 0 aliphatic rings. The zero-order chi connectivity index (χ0) is 17.9. The number of benzene rings is 1. The molecule has 0 bridgehead atoms. The molecule has 0 radical (unpaired) electrons. The molecule has 9 heteroatoms. The van der Waals surface area contributed by atoms with Gasteiger partial charge in [0, 0.05) is 6.92 Å². The Bertz CT molecular complexity index is 812. The smallest absolute Gasteiger partial charge is 0.416 e. The molecule has 1 heterocycles. The van der Waals surface area contributed by atoms with Gasteiger partial charge >= 0.3 is 6.18 Å². The van der Waals surface area contributed by atoms with E-state index in [2.05, 4.69) is 26.5 Å². The fourth-order valence-corrected chi connectivity index (χ4v) is 2.12. The highest BCUT2D eigenvalue weighted by Crippen LogP contribution is 2.30. The predicted molar refractivity (Wildman–Crippen MR) is 83.9 cm³/mol. The molecule has 5 nitrogen and oxygen atoms in total. The van der Waals surface area contributed by atoms with E-state index < -0.39 is 29.0 Å². The molecule has 0 aliphatic carbocycles. The van der Waals surface area contributed by atoms with Crippen LogP contribution < -0.4 is 5.43 Å². The summed E-state index contributed by atoms with van der Waals surface area (Å²) in [7, 11) is 0. The Hall–Kier alpha value is -2.42. The number of alkyl halides is 3. The van der Waals surface area contributed by atoms with Crippen molar-refractivity contribution in [3.63, 3.8) is 0 Å². The lowest BCUT2D eigenvalue weighted by atomic mass is 10.1. The van der Waals surface area contributed by atoms with Crippen molar-refractivity contribution in [3.8, 4) is 0 Å². The van der Waals surface area contributed by atoms with E-state index in [4.69, 9.17) is 4.42 Å². The molecule has 0 saturated carbocycles. The minimum absolute atomic E-state index is 0.0186. The quantitative estimate of drug-likeness (QED) is 0.350. The zero-order valence-corrected chi connectivity index (χ0v) is 13.7. The fraction of sp³-hybridized carbons (Fsp3) is 0.133. The fourth-order valence-electron chi connectivity index (χ4n) is 1.74. The van der Waals surface area contributed by atoms with Crippen LogP contribution in [0.5, 0.6) is 0 Å². The molecular weight excluding hydrogens is 393 g/mol. The van der Waals surface area contributed by atoms with Gasteiger partial charge in [-0.25, -0.2) is 0 Å². The molecule has 0 atom stereocenters. The Balaban J connectivity index is 2.29. The first-order valence-corrected chi connectivity index (χ1v) is 7.29. The summed E-state index contributed by atoms with van der Waals surface area (Å²) in [5.41, 5.74) is 0.892. The van der Waals surface area contributed by atoms with Crippen molar-refractivity contribution >= 4 is 38.9 Å². The normalized spacial score (nSPS) is 12.1. The van der Waals surface area contributed by atoms with Gasteiger partial charge in [0.25, 0.3) is 5.78 Å². The number of halogens is 4. The van der Waals surface area contributed by atoms with Gasteiger partial charge in [-0.05, 0) is 40.2 Å². The van der Waals surface area contributed by atoms with E-state index in [-0.39, 0.29) is 11.4 Å². The SMILES string of the molecule is CC(=O)C(=NNc1cccc(C(F)(F)F)c1)C(=O)c1occc1Br. The van der Waals surface area contributed by atoms with Gasteiger partial charge in [0.1, 0.15) is 0 Å². The minimum atomic E-state index is -4.51. The number of furan rings is 1. The molecule has 0 unspecified atom stereocenters. The number of ketones is 2. The molecule has 1 aromatic heterocycles. The van der Waals surface area contributed by atoms with E-state index in [0.717, 1.165) is 19.1 Å². The van der Waals surface area contributed by atoms with E-state index in [1.54, 1.807) is 0 Å². The Kier molecular flexibility index (Phi) is 5.23. The van der Waals surface area contributed by atoms with Crippen molar-refractivity contribution in [2.45, 2.75) is 13.1 Å². The van der Waals surface area contributed by atoms with Gasteiger partial charge in [0.2, 0.25) is 0 Å². The highest BCUT2D eigenvalue weighted by molar-refractivity contribution is 9.10. The van der Waals surface area contributed by atoms with Gasteiger partial charge < -0.3 is 4.42 Å². The number of hydrogen-bond acceptors (Lipinski definition) is 5. The summed E-state index contributed by atoms with van der Waals surface area (Å²) >= 11 is 3.09. The summed E-state index contributed by atoms with van der Waals surface area (Å²) in [4.78, 5) is 23.8. The third-order valence-electron chi connectivity index (χ3n) is 2.86. The molecule has 0 amide bonds. The first kappa shape index (κ1) is 17.9. The van der Waals surface area contributed by atoms with Crippen LogP contribution in [0.4, 0.5) is 18.9 Å². The van der Waals surface area contributed by atoms with Crippen molar-refractivity contribution in [1.29, 1.82) is 0 Å². The third kappa shape index (κ3) is 4.10. The van der Waals surface area contributed by atoms with Gasteiger partial charge in [-0.15, -0.1) is 0 Å². The largest absolute Gasteiger partial charge is 0.460 e. The summed E-state index contributed by atoms with van der Waals surface area (Å²) in [6, 6.07) is 5.68. The second kappa shape index (κ2) is 7.00. The zero-order valence-electron chi connectivity index (χ0n) is 12.1. The van der Waals surface area contributed by atoms with Gasteiger partial charge in [-0.3, -0.25) is 15.0 Å². The maximum atomic E-state index is 12.7. The van der Waals surface area contributed by atoms with Crippen LogP contribution in [0.1, 0.15) is 23.0 Å². The summed E-state index contributed by atoms with van der Waals surface area (Å²) in [5.74, 6) is -1.59. The number of carbonyl (C=O) groups is 2. The molecule has 2 aromatic rings. The molecule has 2 rings (SSSR count). The van der Waals surface area contributed by atoms with Crippen LogP contribution in [0.15, 0.2) is 50.6 Å². The lowest BCUT2D eigenvalue weighted by Crippen LogP contribution is -2.23. The van der Waals surface area contributed by atoms with E-state index in [1.807, 2.05) is 0 Å². The third-order valence-corrected chi connectivity index (χ3v) is 3.48. The minimum Gasteiger partial charge on any atom is -0.460 e. The van der Waals surface area contributed by atoms with Crippen LogP contribution in [-0.4, -0.2) is 17.3 Å². The average molecular weight is 403 g/mol. The summed E-state index contributed by atoms with van der Waals surface area (Å²) in [6.45, 7) is 1.11. The van der Waals surface area contributed by atoms with Crippen molar-refractivity contribution in [1.82, 2.24) is 0 Å². The summed E-state index contributed by atoms with van der Waals surface area (Å²) < 4.78 is 43.3. The number of nitrogens with zero attached hydrogens (tertiary/aromatic N) is 1. The first-order chi connectivity index (χ1) is 11.2. The Morgan fingerprint density at radius 1 is 1.25 bits per heavy atom. The molecular formula is C15H10BrF3N2O3. The standard InChI is InChI=1S/C15H10BrF3N2O3/c1-8(22)12(13(23)14-11(16)5-6-24-14)21-20-10-4-2-3-9(7-10)15(17,18)19/h2-7,20H,1H3. The molecule has 0 aliphatic heterocycles. The van der Waals surface area contributed by atoms with Gasteiger partial charge in [0.05, 0.1) is 22.0 Å². The van der Waals surface area contributed by atoms with Gasteiger partial charge in [0.15, 0.2) is 17.3 Å². The highest BCUT2D eigenvalue weighted by Gasteiger charge is 2.30. The molecule has 0 fully saturated rings. The van der Waals surface area contributed by atoms with Crippen molar-refractivity contribution < 1.29 is 27.2 Å². The highest BCUT2D eigenvalue weighted by atomic mass is 79.9. The molecule has 24 heavy (non-hydrogen) atoms. The monoisotopic (exact) mass is 402 g/mol. The number of hydrazone groups is 1. The number of nitrogens with one attached hydrogen (secondary N) is 1. The number of carbonyl (C=O) groups excluding carboxylic acids is 2. The van der Waals surface area contributed by atoms with Crippen LogP contribution in [0.3, 0.4) is 0 Å². The molecule has 1 aromatic carbocycles. The lowest BCUT2D eigenvalue weighted by Gasteiger charge is -2.08. The first-order valence-electron chi connectivity index (χ1n) is 6.49. The van der Waals surface area contributed by atoms with Crippen LogP contribution in [0.25, 0.3) is 0 Å². The maximum absolute atomic E-state index is 12.7. The van der Waals surface area contributed by atoms with Crippen LogP contribution in [-0.2, 0) is 11.0 Å². The second-order valence-electron chi connectivity index (χ2n) is 4.63. The Labute approximate surface area is 142 Å². The van der Waals surface area contributed by atoms with Crippen LogP contribution >= 0.6 is 15.9 Å². The number of rotatable bonds is 5. The topological polar surface area (TPSA) is 71.7 Å². The van der Waals surface area contributed by atoms with E-state index >= 15 is 0 Å². The Morgan fingerprint density at radius 2 is 1.96 bits per heavy atom. The average Bonchev–Trinajstić information content (AvgIpc) is 2.92. The van der Waals surface area contributed by atoms with Crippen molar-refractivity contribution in [3.05, 3.63) is 52.4 Å². The second-order valence-corrected chi connectivity index (χ2v) is 5.49. The predicted octanol–water partition coefficient (Wildman–Crippen LogP) is 4.30. The maximum Gasteiger partial charge on any atom is 0.416 e. The Morgan fingerprint density at radius 3 is 2.50 bits per heavy atom. The molecule has 1 N–H and O–H groups in total. The van der Waals surface area contributed by atoms with E-state index in [9.17, 15) is 22.8 Å². The van der Waals surface area contributed by atoms with E-state index in [1.165, 1.54) is 24.5 Å². The van der Waals surface area contributed by atoms with Crippen molar-refractivity contribution in [2.75, 3.05) is 5.43 Å². The van der Waals surface area contributed by atoms with E-state index in [0.29, 0.717) is 4.47 Å². The number of anilines is 1. The lowest BCUT2D eigenvalue weighted by molar-refractivity contribution is -0.137. The van der Waals surface area contributed by atoms with Crippen molar-refractivity contribution in [2.24, 2.45) is 5.10 Å². The summed E-state index contributed by atoms with van der Waals surface area (Å²) in [6.07, 6.45) is -3.27. The number of hydrogen-bond donors (Lipinski definition) is 1. The summed E-state index contributed by atoms with van der Waals surface area (Å²) in [5, 5.41) is 3.63. The molecule has 126 valence electrons. The van der Waals surface area contributed by atoms with Crippen LogP contribution in [0, 0.1) is 0 Å². The van der Waals surface area contributed by atoms with Gasteiger partial charge in [-0.1, -0.05) is 6.07 Å². The molecule has 0 spiro atoms. The van der Waals surface area contributed by atoms with Gasteiger partial charge in [-0.2, -0.15) is 18.3 Å². The molecule has 0 saturated heterocycles. The number of Topliss-reactive ketones (excluding diaryl/α,β-unsaturated/α-hetero) is 2.